The highest BCUT2D eigenvalue weighted by atomic mass is 16.5. The second-order valence-electron chi connectivity index (χ2n) is 6.95. The second-order valence-corrected chi connectivity index (χ2v) is 6.95. The van der Waals surface area contributed by atoms with Crippen LogP contribution < -0.4 is 20.3 Å². The summed E-state index contributed by atoms with van der Waals surface area (Å²) in [4.78, 5) is 26.2. The molecule has 0 saturated carbocycles. The zero-order valence-corrected chi connectivity index (χ0v) is 17.9. The van der Waals surface area contributed by atoms with E-state index in [1.54, 1.807) is 72.8 Å². The standard InChI is InChI=1S/C25H23N3O4/c1-3-31-19-13-9-17(10-14-19)26-24(29)23-21-7-5-6-8-22(21)25(30)28(27-23)18-11-15-20(16-12-18)32-4-2/h5-16H,3-4H2,1-2H3,(H,26,29). The Kier molecular flexibility index (Phi) is 6.17. The molecule has 0 aliphatic carbocycles. The Labute approximate surface area is 185 Å². The van der Waals surface area contributed by atoms with E-state index in [0.717, 1.165) is 5.75 Å². The Morgan fingerprint density at radius 1 is 0.844 bits per heavy atom. The zero-order valence-electron chi connectivity index (χ0n) is 17.9. The fraction of sp³-hybridized carbons (Fsp3) is 0.160. The summed E-state index contributed by atoms with van der Waals surface area (Å²) >= 11 is 0. The molecule has 4 rings (SSSR count). The van der Waals surface area contributed by atoms with Crippen LogP contribution in [-0.4, -0.2) is 28.9 Å². The van der Waals surface area contributed by atoms with Crippen molar-refractivity contribution in [2.75, 3.05) is 18.5 Å². The molecule has 0 bridgehead atoms. The highest BCUT2D eigenvalue weighted by molar-refractivity contribution is 6.11. The number of aromatic nitrogens is 2. The van der Waals surface area contributed by atoms with Crippen LogP contribution in [0.1, 0.15) is 24.3 Å². The molecular weight excluding hydrogens is 406 g/mol. The lowest BCUT2D eigenvalue weighted by Crippen LogP contribution is -2.26. The van der Waals surface area contributed by atoms with E-state index >= 15 is 0 Å². The van der Waals surface area contributed by atoms with Crippen molar-refractivity contribution in [1.82, 2.24) is 9.78 Å². The second kappa shape index (κ2) is 9.34. The molecule has 32 heavy (non-hydrogen) atoms. The summed E-state index contributed by atoms with van der Waals surface area (Å²) in [7, 11) is 0. The average molecular weight is 429 g/mol. The van der Waals surface area contributed by atoms with Crippen LogP contribution in [0.2, 0.25) is 0 Å². The van der Waals surface area contributed by atoms with Crippen molar-refractivity contribution in [3.05, 3.63) is 88.8 Å². The molecule has 1 amide bonds. The average Bonchev–Trinajstić information content (AvgIpc) is 2.82. The first-order chi connectivity index (χ1) is 15.6. The number of nitrogens with zero attached hydrogens (tertiary/aromatic N) is 2. The summed E-state index contributed by atoms with van der Waals surface area (Å²) in [6.07, 6.45) is 0. The summed E-state index contributed by atoms with van der Waals surface area (Å²) in [5, 5.41) is 8.17. The number of benzene rings is 3. The molecule has 0 radical (unpaired) electrons. The first kappa shape index (κ1) is 21.1. The third-order valence-electron chi connectivity index (χ3n) is 4.84. The smallest absolute Gasteiger partial charge is 0.279 e. The topological polar surface area (TPSA) is 82.4 Å². The van der Waals surface area contributed by atoms with Crippen molar-refractivity contribution in [1.29, 1.82) is 0 Å². The van der Waals surface area contributed by atoms with Crippen molar-refractivity contribution in [3.8, 4) is 17.2 Å². The number of nitrogens with one attached hydrogen (secondary N) is 1. The third-order valence-corrected chi connectivity index (χ3v) is 4.84. The quantitative estimate of drug-likeness (QED) is 0.470. The van der Waals surface area contributed by atoms with Crippen molar-refractivity contribution in [2.24, 2.45) is 0 Å². The minimum absolute atomic E-state index is 0.156. The predicted molar refractivity (Wildman–Crippen MR) is 124 cm³/mol. The molecular formula is C25H23N3O4. The number of hydrogen-bond donors (Lipinski definition) is 1. The van der Waals surface area contributed by atoms with E-state index in [4.69, 9.17) is 9.47 Å². The van der Waals surface area contributed by atoms with Gasteiger partial charge in [-0.15, -0.1) is 0 Å². The van der Waals surface area contributed by atoms with Gasteiger partial charge in [0.1, 0.15) is 11.5 Å². The highest BCUT2D eigenvalue weighted by Gasteiger charge is 2.18. The van der Waals surface area contributed by atoms with Crippen LogP contribution in [0.5, 0.6) is 11.5 Å². The van der Waals surface area contributed by atoms with Crippen molar-refractivity contribution in [3.63, 3.8) is 0 Å². The lowest BCUT2D eigenvalue weighted by atomic mass is 10.1. The Balaban J connectivity index is 1.74. The van der Waals surface area contributed by atoms with Crippen molar-refractivity contribution in [2.45, 2.75) is 13.8 Å². The zero-order chi connectivity index (χ0) is 22.5. The van der Waals surface area contributed by atoms with Gasteiger partial charge in [-0.1, -0.05) is 18.2 Å². The minimum Gasteiger partial charge on any atom is -0.494 e. The van der Waals surface area contributed by atoms with Gasteiger partial charge in [0.25, 0.3) is 11.5 Å². The lowest BCUT2D eigenvalue weighted by Gasteiger charge is -2.12. The highest BCUT2D eigenvalue weighted by Crippen LogP contribution is 2.20. The Bertz CT molecular complexity index is 1300. The first-order valence-corrected chi connectivity index (χ1v) is 10.4. The van der Waals surface area contributed by atoms with Gasteiger partial charge < -0.3 is 14.8 Å². The number of anilines is 1. The fourth-order valence-electron chi connectivity index (χ4n) is 3.37. The van der Waals surface area contributed by atoms with E-state index in [2.05, 4.69) is 10.4 Å². The van der Waals surface area contributed by atoms with Gasteiger partial charge in [0.2, 0.25) is 0 Å². The monoisotopic (exact) mass is 429 g/mol. The van der Waals surface area contributed by atoms with E-state index in [1.807, 2.05) is 13.8 Å². The number of carbonyl (C=O) groups is 1. The van der Waals surface area contributed by atoms with E-state index < -0.39 is 5.91 Å². The normalized spacial score (nSPS) is 10.7. The molecule has 0 unspecified atom stereocenters. The lowest BCUT2D eigenvalue weighted by molar-refractivity contribution is 0.102. The molecule has 4 aromatic rings. The van der Waals surface area contributed by atoms with Gasteiger partial charge in [0, 0.05) is 11.1 Å². The molecule has 1 N–H and O–H groups in total. The molecule has 7 heteroatoms. The summed E-state index contributed by atoms with van der Waals surface area (Å²) in [6.45, 7) is 4.92. The first-order valence-electron chi connectivity index (χ1n) is 10.4. The van der Waals surface area contributed by atoms with E-state index in [-0.39, 0.29) is 11.3 Å². The van der Waals surface area contributed by atoms with E-state index in [0.29, 0.717) is 41.1 Å². The van der Waals surface area contributed by atoms with Crippen LogP contribution in [0.25, 0.3) is 16.5 Å². The predicted octanol–water partition coefficient (Wildman–Crippen LogP) is 4.44. The number of carbonyl (C=O) groups excluding carboxylic acids is 1. The van der Waals surface area contributed by atoms with Crippen LogP contribution in [0.3, 0.4) is 0 Å². The molecule has 0 saturated heterocycles. The van der Waals surface area contributed by atoms with Crippen LogP contribution in [0.4, 0.5) is 5.69 Å². The number of fused-ring (bicyclic) bond motifs is 1. The number of hydrogen-bond acceptors (Lipinski definition) is 5. The largest absolute Gasteiger partial charge is 0.494 e. The third kappa shape index (κ3) is 4.32. The summed E-state index contributed by atoms with van der Waals surface area (Å²) in [5.41, 5.74) is 0.993. The molecule has 0 atom stereocenters. The molecule has 0 spiro atoms. The maximum Gasteiger partial charge on any atom is 0.279 e. The Morgan fingerprint density at radius 3 is 2.00 bits per heavy atom. The SMILES string of the molecule is CCOc1ccc(NC(=O)c2nn(-c3ccc(OCC)cc3)c(=O)c3ccccc23)cc1. The molecule has 1 heterocycles. The number of rotatable bonds is 7. The van der Waals surface area contributed by atoms with Crippen LogP contribution in [0, 0.1) is 0 Å². The van der Waals surface area contributed by atoms with Crippen molar-refractivity contribution < 1.29 is 14.3 Å². The molecule has 1 aromatic heterocycles. The van der Waals surface area contributed by atoms with Crippen LogP contribution in [-0.2, 0) is 0 Å². The summed E-state index contributed by atoms with van der Waals surface area (Å²) in [5.74, 6) is 1.00. The molecule has 162 valence electrons. The molecule has 7 nitrogen and oxygen atoms in total. The molecule has 0 fully saturated rings. The van der Waals surface area contributed by atoms with Gasteiger partial charge in [-0.3, -0.25) is 9.59 Å². The van der Waals surface area contributed by atoms with Gasteiger partial charge in [0.05, 0.1) is 24.3 Å². The number of amides is 1. The molecule has 3 aromatic carbocycles. The van der Waals surface area contributed by atoms with Crippen LogP contribution in [0.15, 0.2) is 77.6 Å². The van der Waals surface area contributed by atoms with Gasteiger partial charge in [-0.2, -0.15) is 9.78 Å². The van der Waals surface area contributed by atoms with E-state index in [9.17, 15) is 9.59 Å². The van der Waals surface area contributed by atoms with Crippen LogP contribution >= 0.6 is 0 Å². The molecule has 0 aliphatic heterocycles. The van der Waals surface area contributed by atoms with Crippen molar-refractivity contribution >= 4 is 22.4 Å². The Hall–Kier alpha value is -4.13. The maximum absolute atomic E-state index is 13.1. The van der Waals surface area contributed by atoms with Gasteiger partial charge >= 0.3 is 0 Å². The van der Waals surface area contributed by atoms with Gasteiger partial charge in [0.15, 0.2) is 5.69 Å². The Morgan fingerprint density at radius 2 is 1.41 bits per heavy atom. The van der Waals surface area contributed by atoms with E-state index in [1.165, 1.54) is 4.68 Å². The number of ether oxygens (including phenoxy) is 2. The summed E-state index contributed by atoms with van der Waals surface area (Å²) in [6, 6.07) is 21.0. The van der Waals surface area contributed by atoms with Gasteiger partial charge in [-0.25, -0.2) is 0 Å². The maximum atomic E-state index is 13.1. The van der Waals surface area contributed by atoms with Gasteiger partial charge in [-0.05, 0) is 68.4 Å². The summed E-state index contributed by atoms with van der Waals surface area (Å²) < 4.78 is 12.1. The minimum atomic E-state index is -0.412. The molecule has 0 aliphatic rings. The fourth-order valence-corrected chi connectivity index (χ4v) is 3.37.